The molecule has 0 aliphatic heterocycles. The fraction of sp³-hybridized carbons (Fsp3) is 0.278. The fourth-order valence-corrected chi connectivity index (χ4v) is 3.28. The Hall–Kier alpha value is -1.94. The van der Waals surface area contributed by atoms with E-state index in [2.05, 4.69) is 0 Å². The third-order valence-electron chi connectivity index (χ3n) is 3.37. The van der Waals surface area contributed by atoms with Crippen molar-refractivity contribution in [3.05, 3.63) is 60.2 Å². The molecule has 0 fully saturated rings. The summed E-state index contributed by atoms with van der Waals surface area (Å²) in [6, 6.07) is 17.4. The smallest absolute Gasteiger partial charge is 0.326 e. The van der Waals surface area contributed by atoms with Crippen LogP contribution in [0.4, 0.5) is 0 Å². The van der Waals surface area contributed by atoms with E-state index in [1.54, 1.807) is 7.11 Å². The van der Waals surface area contributed by atoms with Gasteiger partial charge in [-0.15, -0.1) is 11.8 Å². The number of hydrogen-bond acceptors (Lipinski definition) is 4. The Morgan fingerprint density at radius 1 is 1.09 bits per heavy atom. The number of carbonyl (C=O) groups is 1. The number of ether oxygens (including phenoxy) is 2. The van der Waals surface area contributed by atoms with Gasteiger partial charge in [0.15, 0.2) is 0 Å². The predicted octanol–water partition coefficient (Wildman–Crippen LogP) is 4.27. The lowest BCUT2D eigenvalue weighted by Gasteiger charge is -2.27. The molecule has 0 saturated heterocycles. The Bertz CT molecular complexity index is 610. The molecule has 0 radical (unpaired) electrons. The van der Waals surface area contributed by atoms with Gasteiger partial charge in [0.1, 0.15) is 10.5 Å². The second kappa shape index (κ2) is 7.36. The predicted molar refractivity (Wildman–Crippen MR) is 89.3 cm³/mol. The van der Waals surface area contributed by atoms with E-state index in [0.717, 1.165) is 16.2 Å². The molecule has 0 N–H and O–H groups in total. The summed E-state index contributed by atoms with van der Waals surface area (Å²) < 4.78 is 9.68. The molecule has 2 aromatic rings. The normalized spacial score (nSPS) is 13.2. The van der Waals surface area contributed by atoms with Crippen molar-refractivity contribution in [3.63, 3.8) is 0 Å². The largest absolute Gasteiger partial charge is 0.497 e. The topological polar surface area (TPSA) is 35.5 Å². The van der Waals surface area contributed by atoms with Crippen LogP contribution in [0.15, 0.2) is 59.5 Å². The molecule has 0 aliphatic carbocycles. The lowest BCUT2D eigenvalue weighted by molar-refractivity contribution is -0.145. The Labute approximate surface area is 135 Å². The maximum atomic E-state index is 12.5. The third kappa shape index (κ3) is 3.63. The van der Waals surface area contributed by atoms with Crippen LogP contribution in [-0.2, 0) is 14.3 Å². The van der Waals surface area contributed by atoms with Crippen molar-refractivity contribution in [1.29, 1.82) is 0 Å². The molecule has 0 heterocycles. The molecule has 4 heteroatoms. The van der Waals surface area contributed by atoms with E-state index in [9.17, 15) is 4.79 Å². The molecule has 0 aliphatic rings. The monoisotopic (exact) mass is 316 g/mol. The molecule has 2 rings (SSSR count). The molecule has 116 valence electrons. The van der Waals surface area contributed by atoms with Crippen LogP contribution in [0.25, 0.3) is 0 Å². The van der Waals surface area contributed by atoms with Crippen LogP contribution in [0.3, 0.4) is 0 Å². The van der Waals surface area contributed by atoms with E-state index in [1.807, 2.05) is 68.4 Å². The zero-order valence-corrected chi connectivity index (χ0v) is 13.9. The maximum Gasteiger partial charge on any atom is 0.326 e. The minimum Gasteiger partial charge on any atom is -0.497 e. The highest BCUT2D eigenvalue weighted by molar-refractivity contribution is 8.01. The summed E-state index contributed by atoms with van der Waals surface area (Å²) in [4.78, 5) is 13.6. The van der Waals surface area contributed by atoms with Gasteiger partial charge in [0, 0.05) is 4.90 Å². The van der Waals surface area contributed by atoms with Gasteiger partial charge in [0.2, 0.25) is 0 Å². The second-order valence-corrected chi connectivity index (χ2v) is 6.39. The van der Waals surface area contributed by atoms with Gasteiger partial charge in [-0.3, -0.25) is 4.79 Å². The Balaban J connectivity index is 2.37. The summed E-state index contributed by atoms with van der Waals surface area (Å²) in [5.74, 6) is 0.522. The molecule has 1 atom stereocenters. The van der Waals surface area contributed by atoms with Gasteiger partial charge in [0.25, 0.3) is 0 Å². The molecule has 0 bridgehead atoms. The van der Waals surface area contributed by atoms with E-state index in [0.29, 0.717) is 6.61 Å². The van der Waals surface area contributed by atoms with Gasteiger partial charge < -0.3 is 9.47 Å². The minimum absolute atomic E-state index is 0.242. The van der Waals surface area contributed by atoms with Gasteiger partial charge in [-0.25, -0.2) is 0 Å². The Kier molecular flexibility index (Phi) is 5.50. The average molecular weight is 316 g/mol. The lowest BCUT2D eigenvalue weighted by Crippen LogP contribution is -2.31. The third-order valence-corrected chi connectivity index (χ3v) is 4.69. The first-order valence-electron chi connectivity index (χ1n) is 7.16. The van der Waals surface area contributed by atoms with Crippen molar-refractivity contribution in [3.8, 4) is 5.75 Å². The molecule has 3 nitrogen and oxygen atoms in total. The number of esters is 1. The first kappa shape index (κ1) is 16.4. The van der Waals surface area contributed by atoms with E-state index >= 15 is 0 Å². The van der Waals surface area contributed by atoms with Crippen LogP contribution in [-0.4, -0.2) is 19.7 Å². The fourth-order valence-electron chi connectivity index (χ4n) is 2.12. The zero-order valence-electron chi connectivity index (χ0n) is 13.0. The highest BCUT2D eigenvalue weighted by atomic mass is 32.2. The lowest BCUT2D eigenvalue weighted by atomic mass is 10.0. The van der Waals surface area contributed by atoms with Crippen molar-refractivity contribution in [1.82, 2.24) is 0 Å². The van der Waals surface area contributed by atoms with Gasteiger partial charge >= 0.3 is 5.97 Å². The minimum atomic E-state index is -0.802. The molecule has 0 amide bonds. The molecule has 0 aromatic heterocycles. The molecular weight excluding hydrogens is 296 g/mol. The van der Waals surface area contributed by atoms with Gasteiger partial charge in [-0.1, -0.05) is 30.3 Å². The number of benzene rings is 2. The zero-order chi connectivity index (χ0) is 16.0. The molecule has 1 unspecified atom stereocenters. The standard InChI is InChI=1S/C18H20O3S/c1-4-21-17(19)18(2,22-16-8-6-5-7-9-16)14-10-12-15(20-3)13-11-14/h5-13H,4H2,1-3H3. The first-order chi connectivity index (χ1) is 10.6. The Morgan fingerprint density at radius 2 is 1.73 bits per heavy atom. The average Bonchev–Trinajstić information content (AvgIpc) is 2.56. The van der Waals surface area contributed by atoms with Crippen LogP contribution >= 0.6 is 11.8 Å². The van der Waals surface area contributed by atoms with Crippen LogP contribution < -0.4 is 4.74 Å². The van der Waals surface area contributed by atoms with Crippen LogP contribution in [0, 0.1) is 0 Å². The van der Waals surface area contributed by atoms with Gasteiger partial charge in [-0.05, 0) is 43.7 Å². The number of thioether (sulfide) groups is 1. The second-order valence-electron chi connectivity index (χ2n) is 4.90. The van der Waals surface area contributed by atoms with Gasteiger partial charge in [-0.2, -0.15) is 0 Å². The quantitative estimate of drug-likeness (QED) is 0.589. The molecule has 2 aromatic carbocycles. The van der Waals surface area contributed by atoms with Crippen molar-refractivity contribution >= 4 is 17.7 Å². The van der Waals surface area contributed by atoms with Crippen molar-refractivity contribution in [2.75, 3.05) is 13.7 Å². The molecule has 22 heavy (non-hydrogen) atoms. The summed E-state index contributed by atoms with van der Waals surface area (Å²) in [6.07, 6.45) is 0. The van der Waals surface area contributed by atoms with Crippen molar-refractivity contribution in [2.45, 2.75) is 23.5 Å². The van der Waals surface area contributed by atoms with E-state index in [4.69, 9.17) is 9.47 Å². The maximum absolute atomic E-state index is 12.5. The first-order valence-corrected chi connectivity index (χ1v) is 7.97. The summed E-state index contributed by atoms with van der Waals surface area (Å²) in [7, 11) is 1.62. The van der Waals surface area contributed by atoms with E-state index in [-0.39, 0.29) is 5.97 Å². The number of carbonyl (C=O) groups excluding carboxylic acids is 1. The number of hydrogen-bond donors (Lipinski definition) is 0. The van der Waals surface area contributed by atoms with Crippen LogP contribution in [0.1, 0.15) is 19.4 Å². The van der Waals surface area contributed by atoms with Crippen molar-refractivity contribution < 1.29 is 14.3 Å². The SMILES string of the molecule is CCOC(=O)C(C)(Sc1ccccc1)c1ccc(OC)cc1. The van der Waals surface area contributed by atoms with Crippen molar-refractivity contribution in [2.24, 2.45) is 0 Å². The van der Waals surface area contributed by atoms with E-state index < -0.39 is 4.75 Å². The summed E-state index contributed by atoms with van der Waals surface area (Å²) >= 11 is 1.49. The molecule has 0 spiro atoms. The summed E-state index contributed by atoms with van der Waals surface area (Å²) in [5, 5.41) is 0. The summed E-state index contributed by atoms with van der Waals surface area (Å²) in [5.41, 5.74) is 0.889. The highest BCUT2D eigenvalue weighted by Crippen LogP contribution is 2.42. The number of rotatable bonds is 6. The van der Waals surface area contributed by atoms with Crippen LogP contribution in [0.5, 0.6) is 5.75 Å². The Morgan fingerprint density at radius 3 is 2.27 bits per heavy atom. The van der Waals surface area contributed by atoms with Crippen LogP contribution in [0.2, 0.25) is 0 Å². The molecular formula is C18H20O3S. The molecule has 0 saturated carbocycles. The number of methoxy groups -OCH3 is 1. The van der Waals surface area contributed by atoms with Gasteiger partial charge in [0.05, 0.1) is 13.7 Å². The van der Waals surface area contributed by atoms with E-state index in [1.165, 1.54) is 11.8 Å². The summed E-state index contributed by atoms with van der Waals surface area (Å²) in [6.45, 7) is 4.07. The highest BCUT2D eigenvalue weighted by Gasteiger charge is 2.38.